The lowest BCUT2D eigenvalue weighted by atomic mass is 9.95. The summed E-state index contributed by atoms with van der Waals surface area (Å²) in [6.07, 6.45) is -28.1. The molecule has 264 valence electrons. The van der Waals surface area contributed by atoms with Gasteiger partial charge in [0.1, 0.15) is 67.1 Å². The van der Waals surface area contributed by atoms with Crippen molar-refractivity contribution in [1.82, 2.24) is 5.32 Å². The standard InChI is InChI=1S/C20H35NO22S2/c1-5(25)21-9-16(42-44(31,32)33)10(26)6(2-22)38-19(9)40-15-8(4-24)39-20(17(13(15)29)43-45(34,35)36)41-14-7(3-23)37-18(30)12(28)11(14)27/h6-20,22-24,26-30H,2-4H2,1H3,(H,21,25)(H,31,32,33)(H,34,35,36)/t6-,7-,8-,9-,10+,11-,12-,13+,14-,15+,16-,17-,18?,19?,20?/m1/s1. The van der Waals surface area contributed by atoms with Crippen molar-refractivity contribution in [1.29, 1.82) is 0 Å². The van der Waals surface area contributed by atoms with E-state index in [9.17, 15) is 71.6 Å². The zero-order chi connectivity index (χ0) is 34.0. The predicted molar refractivity (Wildman–Crippen MR) is 134 cm³/mol. The summed E-state index contributed by atoms with van der Waals surface area (Å²) in [5.74, 6) is -0.907. The minimum Gasteiger partial charge on any atom is -0.394 e. The van der Waals surface area contributed by atoms with E-state index in [4.69, 9.17) is 23.7 Å². The van der Waals surface area contributed by atoms with Crippen molar-refractivity contribution >= 4 is 26.7 Å². The van der Waals surface area contributed by atoms with Crippen LogP contribution in [-0.4, -0.2) is 185 Å². The highest BCUT2D eigenvalue weighted by molar-refractivity contribution is 7.81. The van der Waals surface area contributed by atoms with Crippen LogP contribution in [0.15, 0.2) is 0 Å². The Balaban J connectivity index is 1.97. The molecular weight excluding hydrogens is 670 g/mol. The molecule has 3 heterocycles. The molecule has 3 aliphatic heterocycles. The Kier molecular flexibility index (Phi) is 12.9. The van der Waals surface area contributed by atoms with Gasteiger partial charge in [0.15, 0.2) is 25.0 Å². The van der Waals surface area contributed by atoms with Gasteiger partial charge in [0.2, 0.25) is 5.91 Å². The normalized spacial score (nSPS) is 43.1. The number of carbonyl (C=O) groups is 1. The van der Waals surface area contributed by atoms with Gasteiger partial charge in [0.25, 0.3) is 0 Å². The van der Waals surface area contributed by atoms with E-state index in [1.165, 1.54) is 0 Å². The zero-order valence-corrected chi connectivity index (χ0v) is 24.6. The largest absolute Gasteiger partial charge is 0.397 e. The Morgan fingerprint density at radius 2 is 1.11 bits per heavy atom. The molecule has 0 radical (unpaired) electrons. The molecule has 0 aliphatic carbocycles. The van der Waals surface area contributed by atoms with Gasteiger partial charge in [0.05, 0.1) is 19.8 Å². The summed E-state index contributed by atoms with van der Waals surface area (Å²) in [6.45, 7) is -2.15. The molecule has 23 nitrogen and oxygen atoms in total. The number of carbonyl (C=O) groups excluding carboxylic acids is 1. The van der Waals surface area contributed by atoms with Gasteiger partial charge >= 0.3 is 20.8 Å². The zero-order valence-electron chi connectivity index (χ0n) is 23.0. The van der Waals surface area contributed by atoms with E-state index in [1.54, 1.807) is 0 Å². The van der Waals surface area contributed by atoms with Gasteiger partial charge in [-0.1, -0.05) is 0 Å². The molecule has 0 bridgehead atoms. The molecule has 0 aromatic heterocycles. The molecule has 1 amide bonds. The third-order valence-corrected chi connectivity index (χ3v) is 7.84. The fourth-order valence-electron chi connectivity index (χ4n) is 4.93. The third kappa shape index (κ3) is 9.41. The Bertz CT molecular complexity index is 1200. The van der Waals surface area contributed by atoms with E-state index in [-0.39, 0.29) is 0 Å². The van der Waals surface area contributed by atoms with Crippen LogP contribution < -0.4 is 5.32 Å². The van der Waals surface area contributed by atoms with Crippen molar-refractivity contribution in [3.05, 3.63) is 0 Å². The molecule has 3 fully saturated rings. The van der Waals surface area contributed by atoms with E-state index < -0.39 is 139 Å². The lowest BCUT2D eigenvalue weighted by Gasteiger charge is -2.49. The van der Waals surface area contributed by atoms with E-state index in [0.717, 1.165) is 6.92 Å². The maximum atomic E-state index is 11.9. The predicted octanol–water partition coefficient (Wildman–Crippen LogP) is -7.78. The second kappa shape index (κ2) is 15.3. The van der Waals surface area contributed by atoms with Crippen LogP contribution in [0.2, 0.25) is 0 Å². The lowest BCUT2D eigenvalue weighted by molar-refractivity contribution is -0.368. The Labute approximate surface area is 254 Å². The maximum Gasteiger partial charge on any atom is 0.397 e. The van der Waals surface area contributed by atoms with Crippen LogP contribution in [0, 0.1) is 0 Å². The van der Waals surface area contributed by atoms with E-state index in [1.807, 2.05) is 0 Å². The van der Waals surface area contributed by atoms with Gasteiger partial charge < -0.3 is 69.9 Å². The number of hydrogen-bond acceptors (Lipinski definition) is 20. The number of aliphatic hydroxyl groups is 8. The van der Waals surface area contributed by atoms with Crippen molar-refractivity contribution in [2.24, 2.45) is 0 Å². The minimum absolute atomic E-state index is 0.907. The SMILES string of the molecule is CC(=O)N[C@H]1C(O[C@@H]2[C@H](O)[C@@H](OS(=O)(=O)O)C(O[C@H]3[C@H](O)[C@@H](O)C(O)O[C@@H]3CO)O[C@@H]2CO)O[C@H](CO)[C@H](O)[C@@H]1OS(=O)(=O)O. The molecule has 3 rings (SSSR count). The molecule has 0 aromatic carbocycles. The quantitative estimate of drug-likeness (QED) is 0.0840. The molecule has 0 saturated carbocycles. The number of amides is 1. The van der Waals surface area contributed by atoms with Crippen molar-refractivity contribution in [3.8, 4) is 0 Å². The van der Waals surface area contributed by atoms with Gasteiger partial charge in [-0.2, -0.15) is 16.8 Å². The van der Waals surface area contributed by atoms with Crippen LogP contribution in [-0.2, 0) is 57.6 Å². The van der Waals surface area contributed by atoms with Crippen LogP contribution in [0.1, 0.15) is 6.92 Å². The molecule has 0 spiro atoms. The fourth-order valence-corrected chi connectivity index (χ4v) is 5.93. The van der Waals surface area contributed by atoms with Gasteiger partial charge in [-0.15, -0.1) is 0 Å². The fraction of sp³-hybridized carbons (Fsp3) is 0.950. The van der Waals surface area contributed by atoms with Gasteiger partial charge in [0, 0.05) is 6.92 Å². The molecule has 15 atom stereocenters. The first-order chi connectivity index (χ1) is 20.8. The van der Waals surface area contributed by atoms with Crippen LogP contribution in [0.4, 0.5) is 0 Å². The van der Waals surface area contributed by atoms with Crippen molar-refractivity contribution in [2.75, 3.05) is 19.8 Å². The first kappa shape index (κ1) is 38.1. The molecule has 45 heavy (non-hydrogen) atoms. The van der Waals surface area contributed by atoms with Crippen molar-refractivity contribution in [2.45, 2.75) is 99.0 Å². The average molecular weight is 706 g/mol. The molecule has 3 saturated heterocycles. The van der Waals surface area contributed by atoms with Crippen LogP contribution in [0.25, 0.3) is 0 Å². The number of ether oxygens (including phenoxy) is 5. The first-order valence-electron chi connectivity index (χ1n) is 12.9. The molecule has 0 aromatic rings. The van der Waals surface area contributed by atoms with Gasteiger partial charge in [-0.3, -0.25) is 13.9 Å². The Hall–Kier alpha value is -1.31. The van der Waals surface area contributed by atoms with Gasteiger partial charge in [-0.25, -0.2) is 8.37 Å². The highest BCUT2D eigenvalue weighted by Crippen LogP contribution is 2.34. The summed E-state index contributed by atoms with van der Waals surface area (Å²) < 4.78 is 101. The highest BCUT2D eigenvalue weighted by Gasteiger charge is 2.56. The molecular formula is C20H35NO22S2. The molecule has 25 heteroatoms. The molecule has 3 unspecified atom stereocenters. The number of hydrogen-bond donors (Lipinski definition) is 11. The maximum absolute atomic E-state index is 11.9. The third-order valence-electron chi connectivity index (χ3n) is 6.91. The van der Waals surface area contributed by atoms with Gasteiger partial charge in [-0.05, 0) is 0 Å². The average Bonchev–Trinajstić information content (AvgIpc) is 2.93. The number of aliphatic hydroxyl groups excluding tert-OH is 8. The smallest absolute Gasteiger partial charge is 0.394 e. The van der Waals surface area contributed by atoms with Crippen LogP contribution in [0.5, 0.6) is 0 Å². The molecule has 11 N–H and O–H groups in total. The summed E-state index contributed by atoms with van der Waals surface area (Å²) in [4.78, 5) is 11.9. The summed E-state index contributed by atoms with van der Waals surface area (Å²) in [5, 5.41) is 83.2. The Morgan fingerprint density at radius 3 is 1.62 bits per heavy atom. The number of nitrogens with one attached hydrogen (secondary N) is 1. The summed E-state index contributed by atoms with van der Waals surface area (Å²) >= 11 is 0. The molecule has 3 aliphatic rings. The van der Waals surface area contributed by atoms with Crippen LogP contribution in [0.3, 0.4) is 0 Å². The highest BCUT2D eigenvalue weighted by atomic mass is 32.3. The van der Waals surface area contributed by atoms with E-state index in [0.29, 0.717) is 0 Å². The lowest BCUT2D eigenvalue weighted by Crippen LogP contribution is -2.69. The summed E-state index contributed by atoms with van der Waals surface area (Å²) in [7, 11) is -10.8. The van der Waals surface area contributed by atoms with Crippen LogP contribution >= 0.6 is 0 Å². The summed E-state index contributed by atoms with van der Waals surface area (Å²) in [5.41, 5.74) is 0. The summed E-state index contributed by atoms with van der Waals surface area (Å²) in [6, 6.07) is -1.86. The second-order valence-electron chi connectivity index (χ2n) is 10.1. The minimum atomic E-state index is -5.48. The van der Waals surface area contributed by atoms with E-state index >= 15 is 0 Å². The van der Waals surface area contributed by atoms with Crippen molar-refractivity contribution < 1.29 is 104 Å². The monoisotopic (exact) mass is 705 g/mol. The number of rotatable bonds is 12. The topological polar surface area (TPSA) is 364 Å². The van der Waals surface area contributed by atoms with E-state index in [2.05, 4.69) is 13.7 Å². The van der Waals surface area contributed by atoms with Crippen molar-refractivity contribution in [3.63, 3.8) is 0 Å². The Morgan fingerprint density at radius 1 is 0.644 bits per heavy atom. The second-order valence-corrected chi connectivity index (χ2v) is 12.2. The first-order valence-corrected chi connectivity index (χ1v) is 15.6.